The SMILES string of the molecule is CC(C)(C)NC(O)CCO. The molecule has 0 aromatic rings. The van der Waals surface area contributed by atoms with Crippen molar-refractivity contribution in [3.63, 3.8) is 0 Å². The molecular weight excluding hydrogens is 130 g/mol. The second-order valence-electron chi connectivity index (χ2n) is 3.42. The Morgan fingerprint density at radius 2 is 1.90 bits per heavy atom. The van der Waals surface area contributed by atoms with Gasteiger partial charge in [0.15, 0.2) is 0 Å². The first-order chi connectivity index (χ1) is 4.45. The van der Waals surface area contributed by atoms with E-state index >= 15 is 0 Å². The van der Waals surface area contributed by atoms with Crippen LogP contribution in [0.1, 0.15) is 27.2 Å². The van der Waals surface area contributed by atoms with Crippen molar-refractivity contribution >= 4 is 0 Å². The van der Waals surface area contributed by atoms with Gasteiger partial charge >= 0.3 is 0 Å². The second kappa shape index (κ2) is 3.91. The molecule has 0 fully saturated rings. The zero-order chi connectivity index (χ0) is 8.20. The van der Waals surface area contributed by atoms with Gasteiger partial charge < -0.3 is 10.2 Å². The number of nitrogens with one attached hydrogen (secondary N) is 1. The van der Waals surface area contributed by atoms with Crippen molar-refractivity contribution in [3.8, 4) is 0 Å². The Morgan fingerprint density at radius 3 is 2.20 bits per heavy atom. The minimum atomic E-state index is -0.593. The van der Waals surface area contributed by atoms with Crippen LogP contribution in [-0.2, 0) is 0 Å². The molecule has 62 valence electrons. The summed E-state index contributed by atoms with van der Waals surface area (Å²) in [4.78, 5) is 0. The molecular formula is C7H17NO2. The van der Waals surface area contributed by atoms with Crippen molar-refractivity contribution in [2.45, 2.75) is 39.0 Å². The molecule has 0 aromatic heterocycles. The monoisotopic (exact) mass is 147 g/mol. The van der Waals surface area contributed by atoms with E-state index in [0.29, 0.717) is 6.42 Å². The minimum Gasteiger partial charge on any atom is -0.396 e. The molecule has 0 saturated heterocycles. The van der Waals surface area contributed by atoms with Crippen LogP contribution in [0.5, 0.6) is 0 Å². The molecule has 0 rings (SSSR count). The number of rotatable bonds is 3. The van der Waals surface area contributed by atoms with Gasteiger partial charge in [0, 0.05) is 18.6 Å². The Morgan fingerprint density at radius 1 is 1.40 bits per heavy atom. The smallest absolute Gasteiger partial charge is 0.107 e. The number of hydrogen-bond donors (Lipinski definition) is 3. The summed E-state index contributed by atoms with van der Waals surface area (Å²) in [5.41, 5.74) is -0.0887. The molecule has 0 aliphatic heterocycles. The predicted molar refractivity (Wildman–Crippen MR) is 40.6 cm³/mol. The van der Waals surface area contributed by atoms with E-state index in [4.69, 9.17) is 10.2 Å². The Bertz CT molecular complexity index is 88.1. The van der Waals surface area contributed by atoms with E-state index < -0.39 is 6.23 Å². The average molecular weight is 147 g/mol. The van der Waals surface area contributed by atoms with Crippen LogP contribution in [0.15, 0.2) is 0 Å². The van der Waals surface area contributed by atoms with Gasteiger partial charge in [-0.1, -0.05) is 0 Å². The predicted octanol–water partition coefficient (Wildman–Crippen LogP) is 0.0753. The highest BCUT2D eigenvalue weighted by atomic mass is 16.3. The minimum absolute atomic E-state index is 0.0181. The van der Waals surface area contributed by atoms with Crippen molar-refractivity contribution in [2.75, 3.05) is 6.61 Å². The van der Waals surface area contributed by atoms with Crippen molar-refractivity contribution in [1.29, 1.82) is 0 Å². The van der Waals surface area contributed by atoms with Gasteiger partial charge in [-0.15, -0.1) is 0 Å². The Labute approximate surface area is 62.1 Å². The Balaban J connectivity index is 3.47. The third kappa shape index (κ3) is 6.01. The van der Waals surface area contributed by atoms with E-state index in [9.17, 15) is 0 Å². The summed E-state index contributed by atoms with van der Waals surface area (Å²) in [5, 5.41) is 20.5. The van der Waals surface area contributed by atoms with Crippen molar-refractivity contribution in [3.05, 3.63) is 0 Å². The number of hydrogen-bond acceptors (Lipinski definition) is 3. The molecule has 3 heteroatoms. The standard InChI is InChI=1S/C7H17NO2/c1-7(2,3)8-6(10)4-5-9/h6,8-10H,4-5H2,1-3H3. The number of aliphatic hydroxyl groups is 2. The van der Waals surface area contributed by atoms with Gasteiger partial charge in [-0.05, 0) is 20.8 Å². The lowest BCUT2D eigenvalue weighted by Crippen LogP contribution is -2.43. The van der Waals surface area contributed by atoms with E-state index in [1.54, 1.807) is 0 Å². The molecule has 1 unspecified atom stereocenters. The van der Waals surface area contributed by atoms with Crippen LogP contribution in [-0.4, -0.2) is 28.6 Å². The van der Waals surface area contributed by atoms with Crippen LogP contribution < -0.4 is 5.32 Å². The van der Waals surface area contributed by atoms with E-state index in [1.807, 2.05) is 20.8 Å². The van der Waals surface area contributed by atoms with Gasteiger partial charge in [0.25, 0.3) is 0 Å². The Kier molecular flexibility index (Phi) is 3.86. The zero-order valence-corrected chi connectivity index (χ0v) is 6.89. The van der Waals surface area contributed by atoms with Crippen molar-refractivity contribution in [2.24, 2.45) is 0 Å². The van der Waals surface area contributed by atoms with Gasteiger partial charge in [0.2, 0.25) is 0 Å². The number of aliphatic hydroxyl groups excluding tert-OH is 2. The fourth-order valence-electron chi connectivity index (χ4n) is 0.694. The molecule has 0 aliphatic carbocycles. The topological polar surface area (TPSA) is 52.5 Å². The summed E-state index contributed by atoms with van der Waals surface area (Å²) < 4.78 is 0. The normalized spacial score (nSPS) is 15.3. The fourth-order valence-corrected chi connectivity index (χ4v) is 0.694. The summed E-state index contributed by atoms with van der Waals surface area (Å²) in [6.45, 7) is 5.92. The molecule has 0 aliphatic rings. The van der Waals surface area contributed by atoms with Crippen LogP contribution in [0.2, 0.25) is 0 Å². The van der Waals surface area contributed by atoms with Crippen LogP contribution in [0.3, 0.4) is 0 Å². The molecule has 0 heterocycles. The molecule has 0 aromatic carbocycles. The zero-order valence-electron chi connectivity index (χ0n) is 6.89. The van der Waals surface area contributed by atoms with E-state index in [-0.39, 0.29) is 12.1 Å². The summed E-state index contributed by atoms with van der Waals surface area (Å²) in [5.74, 6) is 0. The summed E-state index contributed by atoms with van der Waals surface area (Å²) in [6.07, 6.45) is -0.206. The molecule has 0 bridgehead atoms. The molecule has 0 amide bonds. The van der Waals surface area contributed by atoms with Crippen molar-refractivity contribution in [1.82, 2.24) is 5.32 Å². The molecule has 0 radical (unpaired) electrons. The lowest BCUT2D eigenvalue weighted by Gasteiger charge is -2.24. The summed E-state index contributed by atoms with van der Waals surface area (Å²) >= 11 is 0. The fraction of sp³-hybridized carbons (Fsp3) is 1.00. The van der Waals surface area contributed by atoms with Gasteiger partial charge in [-0.25, -0.2) is 0 Å². The van der Waals surface area contributed by atoms with Crippen LogP contribution >= 0.6 is 0 Å². The lowest BCUT2D eigenvalue weighted by molar-refractivity contribution is 0.0784. The summed E-state index contributed by atoms with van der Waals surface area (Å²) in [7, 11) is 0. The van der Waals surface area contributed by atoms with Crippen LogP contribution in [0.25, 0.3) is 0 Å². The van der Waals surface area contributed by atoms with E-state index in [0.717, 1.165) is 0 Å². The van der Waals surface area contributed by atoms with Crippen LogP contribution in [0.4, 0.5) is 0 Å². The maximum absolute atomic E-state index is 9.11. The Hall–Kier alpha value is -0.120. The third-order valence-corrected chi connectivity index (χ3v) is 1.00. The maximum atomic E-state index is 9.11. The van der Waals surface area contributed by atoms with E-state index in [1.165, 1.54) is 0 Å². The first kappa shape index (κ1) is 9.88. The van der Waals surface area contributed by atoms with E-state index in [2.05, 4.69) is 5.32 Å². The highest BCUT2D eigenvalue weighted by molar-refractivity contribution is 4.71. The lowest BCUT2D eigenvalue weighted by atomic mass is 10.1. The highest BCUT2D eigenvalue weighted by Gasteiger charge is 2.13. The second-order valence-corrected chi connectivity index (χ2v) is 3.42. The quantitative estimate of drug-likeness (QED) is 0.495. The summed E-state index contributed by atoms with van der Waals surface area (Å²) in [6, 6.07) is 0. The van der Waals surface area contributed by atoms with Crippen molar-refractivity contribution < 1.29 is 10.2 Å². The maximum Gasteiger partial charge on any atom is 0.107 e. The van der Waals surface area contributed by atoms with Crippen LogP contribution in [0, 0.1) is 0 Å². The molecule has 3 nitrogen and oxygen atoms in total. The molecule has 0 spiro atoms. The molecule has 10 heavy (non-hydrogen) atoms. The van der Waals surface area contributed by atoms with Gasteiger partial charge in [0.1, 0.15) is 6.23 Å². The molecule has 1 atom stereocenters. The average Bonchev–Trinajstić information content (AvgIpc) is 1.59. The van der Waals surface area contributed by atoms with Gasteiger partial charge in [-0.3, -0.25) is 5.32 Å². The molecule has 0 saturated carbocycles. The molecule has 3 N–H and O–H groups in total. The highest BCUT2D eigenvalue weighted by Crippen LogP contribution is 2.00. The first-order valence-corrected chi connectivity index (χ1v) is 3.52. The van der Waals surface area contributed by atoms with Gasteiger partial charge in [0.05, 0.1) is 0 Å². The van der Waals surface area contributed by atoms with Gasteiger partial charge in [-0.2, -0.15) is 0 Å². The third-order valence-electron chi connectivity index (χ3n) is 1.00. The first-order valence-electron chi connectivity index (χ1n) is 3.52. The largest absolute Gasteiger partial charge is 0.396 e.